The van der Waals surface area contributed by atoms with E-state index in [4.69, 9.17) is 14.2 Å². The highest BCUT2D eigenvalue weighted by Gasteiger charge is 2.12. The molecule has 0 aliphatic carbocycles. The molecule has 0 saturated heterocycles. The predicted molar refractivity (Wildman–Crippen MR) is 81.4 cm³/mol. The highest BCUT2D eigenvalue weighted by molar-refractivity contribution is 5.33. The lowest BCUT2D eigenvalue weighted by Gasteiger charge is -2.19. The molecular formula is C16H27NO3. The van der Waals surface area contributed by atoms with Gasteiger partial charge in [0.05, 0.1) is 13.7 Å². The van der Waals surface area contributed by atoms with E-state index in [2.05, 4.69) is 17.4 Å². The lowest BCUT2D eigenvalue weighted by atomic mass is 9.95. The van der Waals surface area contributed by atoms with Crippen molar-refractivity contribution in [3.8, 4) is 5.75 Å². The molecule has 0 aromatic heterocycles. The zero-order chi connectivity index (χ0) is 14.6. The molecule has 4 heteroatoms. The number of nitrogens with one attached hydrogen (secondary N) is 1. The van der Waals surface area contributed by atoms with Crippen LogP contribution in [-0.4, -0.2) is 47.6 Å². The van der Waals surface area contributed by atoms with Gasteiger partial charge in [-0.1, -0.05) is 18.2 Å². The van der Waals surface area contributed by atoms with E-state index in [0.29, 0.717) is 5.92 Å². The van der Waals surface area contributed by atoms with Crippen molar-refractivity contribution in [1.82, 2.24) is 5.32 Å². The number of methoxy groups -OCH3 is 3. The summed E-state index contributed by atoms with van der Waals surface area (Å²) >= 11 is 0. The van der Waals surface area contributed by atoms with Crippen LogP contribution in [0, 0.1) is 5.92 Å². The molecule has 4 nitrogen and oxygen atoms in total. The number of hydrogen-bond acceptors (Lipinski definition) is 4. The molecule has 0 saturated carbocycles. The van der Waals surface area contributed by atoms with Gasteiger partial charge < -0.3 is 19.5 Å². The van der Waals surface area contributed by atoms with Gasteiger partial charge in [-0.05, 0) is 36.9 Å². The quantitative estimate of drug-likeness (QED) is 0.631. The highest BCUT2D eigenvalue weighted by atomic mass is 16.5. The molecule has 1 N–H and O–H groups in total. The zero-order valence-electron chi connectivity index (χ0n) is 12.9. The Morgan fingerprint density at radius 2 is 1.80 bits per heavy atom. The molecule has 20 heavy (non-hydrogen) atoms. The van der Waals surface area contributed by atoms with Crippen LogP contribution in [-0.2, 0) is 15.9 Å². The molecule has 0 aliphatic heterocycles. The minimum Gasteiger partial charge on any atom is -0.496 e. The van der Waals surface area contributed by atoms with Crippen LogP contribution < -0.4 is 10.1 Å². The standard InChI is InChI=1S/C16H27NO3/c1-18-10-8-14(13-17-9-11-19-2)12-15-6-4-5-7-16(15)20-3/h4-7,14,17H,8-13H2,1-3H3. The van der Waals surface area contributed by atoms with Crippen molar-refractivity contribution in [2.24, 2.45) is 5.92 Å². The van der Waals surface area contributed by atoms with Crippen molar-refractivity contribution < 1.29 is 14.2 Å². The van der Waals surface area contributed by atoms with Crippen molar-refractivity contribution in [3.63, 3.8) is 0 Å². The van der Waals surface area contributed by atoms with Gasteiger partial charge in [-0.15, -0.1) is 0 Å². The van der Waals surface area contributed by atoms with Gasteiger partial charge in [0.15, 0.2) is 0 Å². The van der Waals surface area contributed by atoms with Gasteiger partial charge in [0.25, 0.3) is 0 Å². The maximum atomic E-state index is 5.42. The van der Waals surface area contributed by atoms with Gasteiger partial charge in [0.2, 0.25) is 0 Å². The van der Waals surface area contributed by atoms with Crippen molar-refractivity contribution in [3.05, 3.63) is 29.8 Å². The molecule has 1 aromatic rings. The van der Waals surface area contributed by atoms with Gasteiger partial charge in [-0.3, -0.25) is 0 Å². The fourth-order valence-corrected chi connectivity index (χ4v) is 2.22. The van der Waals surface area contributed by atoms with Gasteiger partial charge in [0, 0.05) is 27.4 Å². The van der Waals surface area contributed by atoms with E-state index in [-0.39, 0.29) is 0 Å². The Kier molecular flexibility index (Phi) is 9.04. The van der Waals surface area contributed by atoms with Gasteiger partial charge in [0.1, 0.15) is 5.75 Å². The molecule has 1 aromatic carbocycles. The lowest BCUT2D eigenvalue weighted by molar-refractivity contribution is 0.172. The fraction of sp³-hybridized carbons (Fsp3) is 0.625. The van der Waals surface area contributed by atoms with E-state index in [1.54, 1.807) is 21.3 Å². The van der Waals surface area contributed by atoms with Crippen LogP contribution in [0.3, 0.4) is 0 Å². The zero-order valence-corrected chi connectivity index (χ0v) is 12.9. The molecule has 1 atom stereocenters. The third-order valence-corrected chi connectivity index (χ3v) is 3.35. The maximum absolute atomic E-state index is 5.42. The lowest BCUT2D eigenvalue weighted by Crippen LogP contribution is -2.28. The van der Waals surface area contributed by atoms with Crippen LogP contribution in [0.15, 0.2) is 24.3 Å². The second kappa shape index (κ2) is 10.7. The topological polar surface area (TPSA) is 39.7 Å². The minimum absolute atomic E-state index is 0.531. The molecular weight excluding hydrogens is 254 g/mol. The summed E-state index contributed by atoms with van der Waals surface area (Å²) in [5.74, 6) is 1.50. The van der Waals surface area contributed by atoms with Crippen LogP contribution in [0.2, 0.25) is 0 Å². The summed E-state index contributed by atoms with van der Waals surface area (Å²) in [6.45, 7) is 3.37. The number of rotatable bonds is 11. The van der Waals surface area contributed by atoms with Crippen LogP contribution >= 0.6 is 0 Å². The molecule has 1 unspecified atom stereocenters. The van der Waals surface area contributed by atoms with Crippen molar-refractivity contribution in [2.75, 3.05) is 47.6 Å². The molecule has 0 heterocycles. The Bertz CT molecular complexity index is 357. The van der Waals surface area contributed by atoms with Crippen LogP contribution in [0.4, 0.5) is 0 Å². The molecule has 114 valence electrons. The fourth-order valence-electron chi connectivity index (χ4n) is 2.22. The normalized spacial score (nSPS) is 12.3. The first-order valence-electron chi connectivity index (χ1n) is 7.12. The van der Waals surface area contributed by atoms with Crippen molar-refractivity contribution in [1.29, 1.82) is 0 Å². The van der Waals surface area contributed by atoms with E-state index in [1.807, 2.05) is 12.1 Å². The third-order valence-electron chi connectivity index (χ3n) is 3.35. The predicted octanol–water partition coefficient (Wildman–Crippen LogP) is 2.13. The summed E-state index contributed by atoms with van der Waals surface area (Å²) in [6.07, 6.45) is 2.03. The number of benzene rings is 1. The molecule has 0 amide bonds. The average molecular weight is 281 g/mol. The summed E-state index contributed by atoms with van der Waals surface area (Å²) in [6, 6.07) is 8.21. The summed E-state index contributed by atoms with van der Waals surface area (Å²) in [5.41, 5.74) is 1.25. The first-order valence-corrected chi connectivity index (χ1v) is 7.12. The summed E-state index contributed by atoms with van der Waals surface area (Å²) < 4.78 is 15.7. The number of para-hydroxylation sites is 1. The number of hydrogen-bond donors (Lipinski definition) is 1. The van der Waals surface area contributed by atoms with Gasteiger partial charge in [-0.25, -0.2) is 0 Å². The largest absolute Gasteiger partial charge is 0.496 e. The smallest absolute Gasteiger partial charge is 0.122 e. The second-order valence-electron chi connectivity index (χ2n) is 4.86. The summed E-state index contributed by atoms with van der Waals surface area (Å²) in [5, 5.41) is 3.43. The maximum Gasteiger partial charge on any atom is 0.122 e. The van der Waals surface area contributed by atoms with Crippen molar-refractivity contribution in [2.45, 2.75) is 12.8 Å². The monoisotopic (exact) mass is 281 g/mol. The van der Waals surface area contributed by atoms with E-state index >= 15 is 0 Å². The Morgan fingerprint density at radius 1 is 1.05 bits per heavy atom. The first kappa shape index (κ1) is 17.0. The van der Waals surface area contributed by atoms with Crippen LogP contribution in [0.5, 0.6) is 5.75 Å². The first-order chi connectivity index (χ1) is 9.81. The summed E-state index contributed by atoms with van der Waals surface area (Å²) in [4.78, 5) is 0. The van der Waals surface area contributed by atoms with Gasteiger partial charge >= 0.3 is 0 Å². The molecule has 0 radical (unpaired) electrons. The SMILES string of the molecule is COCCNCC(CCOC)Cc1ccccc1OC. The molecule has 0 fully saturated rings. The van der Waals surface area contributed by atoms with E-state index in [1.165, 1.54) is 5.56 Å². The molecule has 0 bridgehead atoms. The molecule has 1 rings (SSSR count). The molecule has 0 aliphatic rings. The van der Waals surface area contributed by atoms with Crippen molar-refractivity contribution >= 4 is 0 Å². The van der Waals surface area contributed by atoms with E-state index < -0.39 is 0 Å². The molecule has 0 spiro atoms. The average Bonchev–Trinajstić information content (AvgIpc) is 2.49. The highest BCUT2D eigenvalue weighted by Crippen LogP contribution is 2.22. The van der Waals surface area contributed by atoms with E-state index in [9.17, 15) is 0 Å². The third kappa shape index (κ3) is 6.37. The Balaban J connectivity index is 2.53. The summed E-state index contributed by atoms with van der Waals surface area (Å²) in [7, 11) is 5.19. The van der Waals surface area contributed by atoms with Crippen LogP contribution in [0.25, 0.3) is 0 Å². The number of ether oxygens (including phenoxy) is 3. The Hall–Kier alpha value is -1.10. The van der Waals surface area contributed by atoms with Gasteiger partial charge in [-0.2, -0.15) is 0 Å². The Morgan fingerprint density at radius 3 is 2.50 bits per heavy atom. The van der Waals surface area contributed by atoms with Crippen LogP contribution in [0.1, 0.15) is 12.0 Å². The van der Waals surface area contributed by atoms with E-state index in [0.717, 1.165) is 44.9 Å². The Labute approximate surface area is 122 Å². The second-order valence-corrected chi connectivity index (χ2v) is 4.86. The minimum atomic E-state index is 0.531.